The van der Waals surface area contributed by atoms with Crippen LogP contribution in [0.2, 0.25) is 0 Å². The summed E-state index contributed by atoms with van der Waals surface area (Å²) >= 11 is 0. The second-order valence-electron chi connectivity index (χ2n) is 8.42. The van der Waals surface area contributed by atoms with E-state index in [4.69, 9.17) is 13.9 Å². The van der Waals surface area contributed by atoms with E-state index in [-0.39, 0.29) is 5.76 Å². The Balaban J connectivity index is 1.40. The first-order valence-corrected chi connectivity index (χ1v) is 11.8. The molecule has 1 N–H and O–H groups in total. The Morgan fingerprint density at radius 1 is 1.24 bits per heavy atom. The average Bonchev–Trinajstić information content (AvgIpc) is 3.19. The molecule has 1 aliphatic rings. The highest BCUT2D eigenvalue weighted by Gasteiger charge is 2.22. The number of ether oxygens (including phenoxy) is 2. The van der Waals surface area contributed by atoms with Gasteiger partial charge in [0.1, 0.15) is 11.3 Å². The number of nitrogens with zero attached hydrogens (tertiary/aromatic N) is 2. The molecule has 176 valence electrons. The van der Waals surface area contributed by atoms with Crippen molar-refractivity contribution in [3.8, 4) is 5.75 Å². The topological polar surface area (TPSA) is 76.8 Å². The Kier molecular flexibility index (Phi) is 7.96. The number of nitrogens with one attached hydrogen (secondary N) is 1. The standard InChI is InChI=1S/C26H33N3O4/c1-3-31-26(30)25-19(2)24-22(8-4-9-23(24)33-25)32-16-6-15-29(21-10-13-27-14-11-21)18-20-7-5-12-28-17-20/h4-5,7-9,12,17,21,27H,3,6,10-11,13-16,18H2,1-2H3. The van der Waals surface area contributed by atoms with Crippen LogP contribution >= 0.6 is 0 Å². The molecule has 1 saturated heterocycles. The first-order valence-electron chi connectivity index (χ1n) is 11.8. The van der Waals surface area contributed by atoms with Crippen LogP contribution < -0.4 is 10.1 Å². The summed E-state index contributed by atoms with van der Waals surface area (Å²) in [7, 11) is 0. The first kappa shape index (κ1) is 23.3. The van der Waals surface area contributed by atoms with Crippen LogP contribution in [0.1, 0.15) is 47.9 Å². The van der Waals surface area contributed by atoms with Crippen molar-refractivity contribution < 1.29 is 18.7 Å². The van der Waals surface area contributed by atoms with Crippen LogP contribution in [0.15, 0.2) is 47.1 Å². The number of hydrogen-bond acceptors (Lipinski definition) is 7. The zero-order valence-corrected chi connectivity index (χ0v) is 19.5. The Labute approximate surface area is 195 Å². The van der Waals surface area contributed by atoms with Gasteiger partial charge in [0.05, 0.1) is 18.6 Å². The fourth-order valence-corrected chi connectivity index (χ4v) is 4.52. The zero-order valence-electron chi connectivity index (χ0n) is 19.5. The van der Waals surface area contributed by atoms with Crippen LogP contribution in [0.4, 0.5) is 0 Å². The summed E-state index contributed by atoms with van der Waals surface area (Å²) in [5.41, 5.74) is 2.63. The van der Waals surface area contributed by atoms with Gasteiger partial charge in [-0.2, -0.15) is 0 Å². The van der Waals surface area contributed by atoms with Gasteiger partial charge in [0.15, 0.2) is 0 Å². The SMILES string of the molecule is CCOC(=O)c1oc2cccc(OCCCN(Cc3cccnc3)C3CCNCC3)c2c1C. The molecule has 0 radical (unpaired) electrons. The van der Waals surface area contributed by atoms with Crippen molar-refractivity contribution in [3.63, 3.8) is 0 Å². The Morgan fingerprint density at radius 3 is 2.85 bits per heavy atom. The van der Waals surface area contributed by atoms with E-state index < -0.39 is 5.97 Å². The van der Waals surface area contributed by atoms with Crippen molar-refractivity contribution in [2.45, 2.75) is 45.7 Å². The largest absolute Gasteiger partial charge is 0.493 e. The maximum Gasteiger partial charge on any atom is 0.374 e. The van der Waals surface area contributed by atoms with Gasteiger partial charge < -0.3 is 19.2 Å². The predicted molar refractivity (Wildman–Crippen MR) is 128 cm³/mol. The first-order chi connectivity index (χ1) is 16.2. The molecule has 1 aliphatic heterocycles. The molecular weight excluding hydrogens is 418 g/mol. The summed E-state index contributed by atoms with van der Waals surface area (Å²) in [4.78, 5) is 19.0. The van der Waals surface area contributed by atoms with Crippen LogP contribution in [0.5, 0.6) is 5.75 Å². The molecule has 7 heteroatoms. The monoisotopic (exact) mass is 451 g/mol. The molecule has 0 atom stereocenters. The van der Waals surface area contributed by atoms with Crippen LogP contribution in [0, 0.1) is 6.92 Å². The van der Waals surface area contributed by atoms with Gasteiger partial charge in [0.2, 0.25) is 5.76 Å². The number of aryl methyl sites for hydroxylation is 1. The molecule has 33 heavy (non-hydrogen) atoms. The molecule has 0 aliphatic carbocycles. The van der Waals surface area contributed by atoms with Gasteiger partial charge in [-0.15, -0.1) is 0 Å². The number of piperidine rings is 1. The van der Waals surface area contributed by atoms with Crippen LogP contribution in [0.3, 0.4) is 0 Å². The van der Waals surface area contributed by atoms with Crippen molar-refractivity contribution >= 4 is 16.9 Å². The van der Waals surface area contributed by atoms with Crippen molar-refractivity contribution in [3.05, 3.63) is 59.6 Å². The maximum atomic E-state index is 12.2. The van der Waals surface area contributed by atoms with Gasteiger partial charge >= 0.3 is 5.97 Å². The molecule has 0 amide bonds. The maximum absolute atomic E-state index is 12.2. The lowest BCUT2D eigenvalue weighted by Gasteiger charge is -2.34. The molecule has 0 spiro atoms. The van der Waals surface area contributed by atoms with E-state index in [2.05, 4.69) is 21.3 Å². The second kappa shape index (κ2) is 11.3. The minimum Gasteiger partial charge on any atom is -0.493 e. The smallest absolute Gasteiger partial charge is 0.374 e. The van der Waals surface area contributed by atoms with E-state index in [0.717, 1.165) is 62.1 Å². The predicted octanol–water partition coefficient (Wildman–Crippen LogP) is 4.34. The van der Waals surface area contributed by atoms with Crippen LogP contribution in [0.25, 0.3) is 11.0 Å². The van der Waals surface area contributed by atoms with Crippen LogP contribution in [-0.2, 0) is 11.3 Å². The third kappa shape index (κ3) is 5.72. The van der Waals surface area contributed by atoms with E-state index in [1.807, 2.05) is 43.6 Å². The molecule has 4 rings (SSSR count). The van der Waals surface area contributed by atoms with Gasteiger partial charge in [-0.1, -0.05) is 12.1 Å². The number of fused-ring (bicyclic) bond motifs is 1. The number of rotatable bonds is 10. The quantitative estimate of drug-likeness (QED) is 0.363. The molecule has 7 nitrogen and oxygen atoms in total. The molecule has 1 aromatic carbocycles. The normalized spacial score (nSPS) is 14.6. The third-order valence-corrected chi connectivity index (χ3v) is 6.16. The molecular formula is C26H33N3O4. The lowest BCUT2D eigenvalue weighted by atomic mass is 10.0. The average molecular weight is 452 g/mol. The molecule has 2 aromatic heterocycles. The number of benzene rings is 1. The second-order valence-corrected chi connectivity index (χ2v) is 8.42. The Hall–Kier alpha value is -2.90. The minimum atomic E-state index is -0.440. The summed E-state index contributed by atoms with van der Waals surface area (Å²) in [6, 6.07) is 10.4. The lowest BCUT2D eigenvalue weighted by molar-refractivity contribution is 0.0491. The van der Waals surface area contributed by atoms with Gasteiger partial charge in [0.25, 0.3) is 0 Å². The summed E-state index contributed by atoms with van der Waals surface area (Å²) in [5, 5.41) is 4.30. The highest BCUT2D eigenvalue weighted by Crippen LogP contribution is 2.33. The van der Waals surface area contributed by atoms with Gasteiger partial charge in [0, 0.05) is 37.1 Å². The fourth-order valence-electron chi connectivity index (χ4n) is 4.52. The van der Waals surface area contributed by atoms with E-state index in [1.54, 1.807) is 6.92 Å². The molecule has 3 heterocycles. The number of aromatic nitrogens is 1. The highest BCUT2D eigenvalue weighted by molar-refractivity contribution is 5.98. The van der Waals surface area contributed by atoms with Gasteiger partial charge in [-0.05, 0) is 70.0 Å². The van der Waals surface area contributed by atoms with E-state index >= 15 is 0 Å². The number of carbonyl (C=O) groups excluding carboxylic acids is 1. The molecule has 3 aromatic rings. The summed E-state index contributed by atoms with van der Waals surface area (Å²) < 4.78 is 17.1. The Bertz CT molecular complexity index is 1040. The number of pyridine rings is 1. The van der Waals surface area contributed by atoms with Crippen molar-refractivity contribution in [1.29, 1.82) is 0 Å². The number of esters is 1. The number of hydrogen-bond donors (Lipinski definition) is 1. The van der Waals surface area contributed by atoms with Crippen molar-refractivity contribution in [1.82, 2.24) is 15.2 Å². The minimum absolute atomic E-state index is 0.247. The fraction of sp³-hybridized carbons (Fsp3) is 0.462. The highest BCUT2D eigenvalue weighted by atomic mass is 16.5. The Morgan fingerprint density at radius 2 is 2.09 bits per heavy atom. The summed E-state index contributed by atoms with van der Waals surface area (Å²) in [5.74, 6) is 0.548. The third-order valence-electron chi connectivity index (χ3n) is 6.16. The van der Waals surface area contributed by atoms with Crippen LogP contribution in [-0.4, -0.2) is 54.7 Å². The van der Waals surface area contributed by atoms with E-state index in [1.165, 1.54) is 5.56 Å². The molecule has 0 saturated carbocycles. The number of furan rings is 1. The van der Waals surface area contributed by atoms with E-state index in [0.29, 0.717) is 24.8 Å². The molecule has 0 unspecified atom stereocenters. The van der Waals surface area contributed by atoms with Crippen molar-refractivity contribution in [2.24, 2.45) is 0 Å². The van der Waals surface area contributed by atoms with E-state index in [9.17, 15) is 4.79 Å². The lowest BCUT2D eigenvalue weighted by Crippen LogP contribution is -2.43. The van der Waals surface area contributed by atoms with Gasteiger partial charge in [-0.3, -0.25) is 9.88 Å². The van der Waals surface area contributed by atoms with Gasteiger partial charge in [-0.25, -0.2) is 4.79 Å². The molecule has 0 bridgehead atoms. The summed E-state index contributed by atoms with van der Waals surface area (Å²) in [6.45, 7) is 8.54. The zero-order chi connectivity index (χ0) is 23.0. The van der Waals surface area contributed by atoms with Crippen molar-refractivity contribution in [2.75, 3.05) is 32.8 Å². The number of carbonyl (C=O) groups is 1. The summed E-state index contributed by atoms with van der Waals surface area (Å²) in [6.07, 6.45) is 6.99. The molecule has 1 fully saturated rings.